The zero-order valence-electron chi connectivity index (χ0n) is 11.6. The van der Waals surface area contributed by atoms with Gasteiger partial charge in [-0.25, -0.2) is 0 Å². The second kappa shape index (κ2) is 5.10. The van der Waals surface area contributed by atoms with Crippen LogP contribution in [0.1, 0.15) is 23.2 Å². The van der Waals surface area contributed by atoms with E-state index in [0.29, 0.717) is 5.92 Å². The summed E-state index contributed by atoms with van der Waals surface area (Å²) >= 11 is 0. The summed E-state index contributed by atoms with van der Waals surface area (Å²) in [5.41, 5.74) is 2.28. The lowest BCUT2D eigenvalue weighted by Crippen LogP contribution is -1.99. The summed E-state index contributed by atoms with van der Waals surface area (Å²) in [6.45, 7) is 0. The van der Waals surface area contributed by atoms with Gasteiger partial charge in [0.25, 0.3) is 0 Å². The van der Waals surface area contributed by atoms with Crippen molar-refractivity contribution in [2.24, 2.45) is 0 Å². The van der Waals surface area contributed by atoms with E-state index in [2.05, 4.69) is 66.8 Å². The predicted octanol–water partition coefficient (Wildman–Crippen LogP) is 5.43. The second-order valence-corrected chi connectivity index (χ2v) is 5.42. The average molecular weight is 272 g/mol. The van der Waals surface area contributed by atoms with Crippen LogP contribution in [-0.4, -0.2) is 0 Å². The summed E-state index contributed by atoms with van der Waals surface area (Å²) in [7, 11) is 0. The van der Waals surface area contributed by atoms with Crippen LogP contribution in [0.25, 0.3) is 11.0 Å². The molecule has 3 aromatic rings. The SMILES string of the molecule is C1=CC(c2cc3ccccc3o2)C=CC1c1ccccc1. The van der Waals surface area contributed by atoms with Crippen LogP contribution in [0.2, 0.25) is 0 Å². The molecule has 1 heteroatoms. The zero-order valence-corrected chi connectivity index (χ0v) is 11.6. The van der Waals surface area contributed by atoms with Crippen LogP contribution >= 0.6 is 0 Å². The van der Waals surface area contributed by atoms with Crippen LogP contribution in [-0.2, 0) is 0 Å². The van der Waals surface area contributed by atoms with Crippen LogP contribution in [0.15, 0.2) is 89.4 Å². The number of allylic oxidation sites excluding steroid dienone is 4. The van der Waals surface area contributed by atoms with Gasteiger partial charge in [-0.15, -0.1) is 0 Å². The van der Waals surface area contributed by atoms with E-state index in [1.54, 1.807) is 0 Å². The first-order chi connectivity index (χ1) is 10.4. The molecule has 1 nitrogen and oxygen atoms in total. The average Bonchev–Trinajstić information content (AvgIpc) is 3.00. The monoisotopic (exact) mass is 272 g/mol. The highest BCUT2D eigenvalue weighted by Crippen LogP contribution is 2.32. The van der Waals surface area contributed by atoms with Crippen molar-refractivity contribution in [3.8, 4) is 0 Å². The standard InChI is InChI=1S/C20H16O/c1-2-6-15(7-3-1)16-10-12-17(13-11-16)20-14-18-8-4-5-9-19(18)21-20/h1-14,16-17H. The van der Waals surface area contributed by atoms with Gasteiger partial charge in [0, 0.05) is 11.3 Å². The lowest BCUT2D eigenvalue weighted by atomic mass is 9.90. The first-order valence-corrected chi connectivity index (χ1v) is 7.30. The molecule has 0 bridgehead atoms. The maximum absolute atomic E-state index is 5.95. The molecule has 0 amide bonds. The second-order valence-electron chi connectivity index (χ2n) is 5.42. The minimum Gasteiger partial charge on any atom is -0.460 e. The van der Waals surface area contributed by atoms with E-state index in [1.165, 1.54) is 10.9 Å². The van der Waals surface area contributed by atoms with E-state index in [0.717, 1.165) is 11.3 Å². The van der Waals surface area contributed by atoms with Gasteiger partial charge in [0.15, 0.2) is 0 Å². The summed E-state index contributed by atoms with van der Waals surface area (Å²) in [6, 6.07) is 20.8. The molecule has 0 saturated carbocycles. The molecular weight excluding hydrogens is 256 g/mol. The zero-order chi connectivity index (χ0) is 14.1. The van der Waals surface area contributed by atoms with Crippen molar-refractivity contribution in [2.75, 3.05) is 0 Å². The van der Waals surface area contributed by atoms with E-state index in [1.807, 2.05) is 18.2 Å². The summed E-state index contributed by atoms with van der Waals surface area (Å²) in [5.74, 6) is 1.61. The van der Waals surface area contributed by atoms with Crippen LogP contribution in [0.4, 0.5) is 0 Å². The summed E-state index contributed by atoms with van der Waals surface area (Å²) < 4.78 is 5.95. The normalized spacial score (nSPS) is 21.0. The highest BCUT2D eigenvalue weighted by atomic mass is 16.3. The number of furan rings is 1. The topological polar surface area (TPSA) is 13.1 Å². The molecule has 0 aliphatic heterocycles. The maximum atomic E-state index is 5.95. The molecule has 4 rings (SSSR count). The van der Waals surface area contributed by atoms with Gasteiger partial charge >= 0.3 is 0 Å². The smallest absolute Gasteiger partial charge is 0.134 e. The fourth-order valence-electron chi connectivity index (χ4n) is 2.86. The minimum atomic E-state index is 0.234. The fourth-order valence-corrected chi connectivity index (χ4v) is 2.86. The molecule has 2 aromatic carbocycles. The first-order valence-electron chi connectivity index (χ1n) is 7.30. The Kier molecular flexibility index (Phi) is 2.97. The van der Waals surface area contributed by atoms with Gasteiger partial charge < -0.3 is 4.42 Å². The van der Waals surface area contributed by atoms with Gasteiger partial charge in [0.05, 0.1) is 5.92 Å². The molecule has 0 spiro atoms. The van der Waals surface area contributed by atoms with Crippen molar-refractivity contribution in [1.29, 1.82) is 0 Å². The fraction of sp³-hybridized carbons (Fsp3) is 0.100. The summed E-state index contributed by atoms with van der Waals surface area (Å²) in [5, 5.41) is 1.17. The highest BCUT2D eigenvalue weighted by Gasteiger charge is 2.16. The molecule has 1 aromatic heterocycles. The largest absolute Gasteiger partial charge is 0.460 e. The molecule has 0 N–H and O–H groups in total. The van der Waals surface area contributed by atoms with Gasteiger partial charge in [-0.3, -0.25) is 0 Å². The van der Waals surface area contributed by atoms with Crippen LogP contribution in [0, 0.1) is 0 Å². The molecular formula is C20H16O. The summed E-state index contributed by atoms with van der Waals surface area (Å²) in [6.07, 6.45) is 8.98. The van der Waals surface area contributed by atoms with E-state index in [-0.39, 0.29) is 5.92 Å². The molecule has 1 heterocycles. The van der Waals surface area contributed by atoms with Gasteiger partial charge in [0.1, 0.15) is 11.3 Å². The molecule has 1 aliphatic rings. The lowest BCUT2D eigenvalue weighted by Gasteiger charge is -2.15. The quantitative estimate of drug-likeness (QED) is 0.567. The Morgan fingerprint density at radius 1 is 0.667 bits per heavy atom. The van der Waals surface area contributed by atoms with E-state index in [4.69, 9.17) is 4.42 Å². The molecule has 0 unspecified atom stereocenters. The van der Waals surface area contributed by atoms with Crippen LogP contribution in [0.3, 0.4) is 0 Å². The highest BCUT2D eigenvalue weighted by molar-refractivity contribution is 5.78. The molecule has 0 atom stereocenters. The Balaban J connectivity index is 1.60. The number of hydrogen-bond donors (Lipinski definition) is 0. The van der Waals surface area contributed by atoms with Crippen molar-refractivity contribution in [3.63, 3.8) is 0 Å². The third kappa shape index (κ3) is 2.31. The van der Waals surface area contributed by atoms with Crippen molar-refractivity contribution in [2.45, 2.75) is 11.8 Å². The molecule has 1 aliphatic carbocycles. The Labute approximate surface area is 124 Å². The summed E-state index contributed by atoms with van der Waals surface area (Å²) in [4.78, 5) is 0. The van der Waals surface area contributed by atoms with Crippen molar-refractivity contribution in [3.05, 3.63) is 96.3 Å². The molecule has 21 heavy (non-hydrogen) atoms. The molecule has 0 fully saturated rings. The van der Waals surface area contributed by atoms with Crippen molar-refractivity contribution in [1.82, 2.24) is 0 Å². The molecule has 102 valence electrons. The van der Waals surface area contributed by atoms with E-state index < -0.39 is 0 Å². The van der Waals surface area contributed by atoms with Crippen LogP contribution < -0.4 is 0 Å². The van der Waals surface area contributed by atoms with E-state index >= 15 is 0 Å². The number of hydrogen-bond acceptors (Lipinski definition) is 1. The Morgan fingerprint density at radius 2 is 1.33 bits per heavy atom. The lowest BCUT2D eigenvalue weighted by molar-refractivity contribution is 0.547. The molecule has 0 saturated heterocycles. The number of fused-ring (bicyclic) bond motifs is 1. The van der Waals surface area contributed by atoms with Gasteiger partial charge in [0.2, 0.25) is 0 Å². The number of para-hydroxylation sites is 1. The van der Waals surface area contributed by atoms with Gasteiger partial charge in [-0.2, -0.15) is 0 Å². The minimum absolute atomic E-state index is 0.234. The third-order valence-electron chi connectivity index (χ3n) is 4.01. The van der Waals surface area contributed by atoms with Crippen molar-refractivity contribution >= 4 is 11.0 Å². The first kappa shape index (κ1) is 12.2. The van der Waals surface area contributed by atoms with Gasteiger partial charge in [-0.1, -0.05) is 72.8 Å². The van der Waals surface area contributed by atoms with Crippen LogP contribution in [0.5, 0.6) is 0 Å². The third-order valence-corrected chi connectivity index (χ3v) is 4.01. The Hall–Kier alpha value is -2.54. The van der Waals surface area contributed by atoms with Gasteiger partial charge in [-0.05, 0) is 17.7 Å². The molecule has 0 radical (unpaired) electrons. The van der Waals surface area contributed by atoms with Crippen molar-refractivity contribution < 1.29 is 4.42 Å². The number of benzene rings is 2. The van der Waals surface area contributed by atoms with E-state index in [9.17, 15) is 0 Å². The predicted molar refractivity (Wildman–Crippen MR) is 86.4 cm³/mol. The Morgan fingerprint density at radius 3 is 2.10 bits per heavy atom. The Bertz CT molecular complexity index is 761. The number of rotatable bonds is 2. The maximum Gasteiger partial charge on any atom is 0.134 e.